The van der Waals surface area contributed by atoms with Crippen molar-refractivity contribution < 1.29 is 19.1 Å². The van der Waals surface area contributed by atoms with Gasteiger partial charge in [-0.2, -0.15) is 0 Å². The highest BCUT2D eigenvalue weighted by molar-refractivity contribution is 7.09. The van der Waals surface area contributed by atoms with Crippen LogP contribution in [0.3, 0.4) is 0 Å². The van der Waals surface area contributed by atoms with Crippen LogP contribution in [-0.2, 0) is 29.0 Å². The van der Waals surface area contributed by atoms with Crippen molar-refractivity contribution in [3.05, 3.63) is 39.1 Å². The monoisotopic (exact) mass is 393 g/mol. The molecule has 27 heavy (non-hydrogen) atoms. The molecule has 2 heterocycles. The average molecular weight is 394 g/mol. The molecule has 2 aromatic rings. The number of carbonyl (C=O) groups is 2. The molecule has 0 fully saturated rings. The summed E-state index contributed by atoms with van der Waals surface area (Å²) in [6.07, 6.45) is 2.25. The van der Waals surface area contributed by atoms with E-state index < -0.39 is 17.5 Å². The molecule has 0 spiro atoms. The van der Waals surface area contributed by atoms with Gasteiger partial charge in [-0.25, -0.2) is 14.6 Å². The maximum Gasteiger partial charge on any atom is 0.355 e. The number of aromatic amines is 1. The minimum absolute atomic E-state index is 0.265. The summed E-state index contributed by atoms with van der Waals surface area (Å²) in [6.45, 7) is 10.3. The minimum atomic E-state index is -0.624. The van der Waals surface area contributed by atoms with Gasteiger partial charge in [0.25, 0.3) is 0 Å². The number of rotatable bonds is 8. The Labute approximate surface area is 163 Å². The molecule has 2 aromatic heterocycles. The maximum atomic E-state index is 12.6. The fourth-order valence-corrected chi connectivity index (χ4v) is 3.26. The van der Waals surface area contributed by atoms with Crippen LogP contribution in [0.4, 0.5) is 0 Å². The maximum absolute atomic E-state index is 12.6. The number of hydrogen-bond donors (Lipinski definition) is 2. The Kier molecular flexibility index (Phi) is 7.15. The second kappa shape index (κ2) is 9.14. The number of aromatic nitrogens is 2. The summed E-state index contributed by atoms with van der Waals surface area (Å²) in [4.78, 5) is 32.4. The number of ether oxygens (including phenoxy) is 2. The topological polar surface area (TPSA) is 93.3 Å². The zero-order valence-corrected chi connectivity index (χ0v) is 17.3. The number of esters is 2. The van der Waals surface area contributed by atoms with Gasteiger partial charge in [-0.3, -0.25) is 0 Å². The Morgan fingerprint density at radius 3 is 2.52 bits per heavy atom. The van der Waals surface area contributed by atoms with E-state index >= 15 is 0 Å². The predicted octanol–water partition coefficient (Wildman–Crippen LogP) is 3.46. The molecular weight excluding hydrogens is 366 g/mol. The Morgan fingerprint density at radius 2 is 1.96 bits per heavy atom. The summed E-state index contributed by atoms with van der Waals surface area (Å²) in [7, 11) is 0. The van der Waals surface area contributed by atoms with Gasteiger partial charge in [-0.05, 0) is 39.7 Å². The van der Waals surface area contributed by atoms with Crippen molar-refractivity contribution in [2.75, 3.05) is 6.61 Å². The number of nitrogens with zero attached hydrogens (tertiary/aromatic N) is 1. The SMILES string of the molecule is CCOC(=O)c1c(CNCc2nccs2)[nH]c(C(=O)OC(C)(C)C)c1CC. The largest absolute Gasteiger partial charge is 0.462 e. The third kappa shape index (κ3) is 5.64. The lowest BCUT2D eigenvalue weighted by Crippen LogP contribution is -2.24. The molecule has 0 atom stereocenters. The van der Waals surface area contributed by atoms with Crippen LogP contribution in [-0.4, -0.2) is 34.1 Å². The van der Waals surface area contributed by atoms with E-state index in [1.54, 1.807) is 24.5 Å². The van der Waals surface area contributed by atoms with Crippen LogP contribution in [0.2, 0.25) is 0 Å². The molecule has 0 aliphatic rings. The van der Waals surface area contributed by atoms with Gasteiger partial charge in [0.2, 0.25) is 0 Å². The van der Waals surface area contributed by atoms with Gasteiger partial charge in [0, 0.05) is 30.4 Å². The summed E-state index contributed by atoms with van der Waals surface area (Å²) in [5.74, 6) is -0.914. The standard InChI is InChI=1S/C19H27N3O4S/c1-6-12-15(17(23)25-7-2)13(10-20-11-14-21-8-9-27-14)22-16(12)18(24)26-19(3,4)5/h8-9,20,22H,6-7,10-11H2,1-5H3. The summed E-state index contributed by atoms with van der Waals surface area (Å²) in [5, 5.41) is 6.10. The third-order valence-corrected chi connectivity index (χ3v) is 4.46. The van der Waals surface area contributed by atoms with E-state index in [-0.39, 0.29) is 6.61 Å². The van der Waals surface area contributed by atoms with Crippen molar-refractivity contribution in [2.45, 2.75) is 59.7 Å². The smallest absolute Gasteiger partial charge is 0.355 e. The number of hydrogen-bond acceptors (Lipinski definition) is 7. The lowest BCUT2D eigenvalue weighted by Gasteiger charge is -2.19. The lowest BCUT2D eigenvalue weighted by molar-refractivity contribution is 0.00622. The van der Waals surface area contributed by atoms with E-state index in [1.807, 2.05) is 33.1 Å². The Balaban J connectivity index is 2.31. The summed E-state index contributed by atoms with van der Waals surface area (Å²) < 4.78 is 10.7. The summed E-state index contributed by atoms with van der Waals surface area (Å²) in [6, 6.07) is 0. The zero-order chi connectivity index (χ0) is 20.0. The van der Waals surface area contributed by atoms with Gasteiger partial charge in [0.1, 0.15) is 16.3 Å². The first kappa shape index (κ1) is 21.1. The van der Waals surface area contributed by atoms with Crippen LogP contribution >= 0.6 is 11.3 Å². The van der Waals surface area contributed by atoms with Crippen molar-refractivity contribution in [1.82, 2.24) is 15.3 Å². The molecule has 2 N–H and O–H groups in total. The molecule has 0 aliphatic heterocycles. The van der Waals surface area contributed by atoms with Crippen molar-refractivity contribution >= 4 is 23.3 Å². The molecule has 0 saturated carbocycles. The number of carbonyl (C=O) groups excluding carboxylic acids is 2. The van der Waals surface area contributed by atoms with Gasteiger partial charge in [0.05, 0.1) is 12.2 Å². The fraction of sp³-hybridized carbons (Fsp3) is 0.526. The average Bonchev–Trinajstić information content (AvgIpc) is 3.20. The van der Waals surface area contributed by atoms with E-state index in [0.29, 0.717) is 42.0 Å². The molecule has 2 rings (SSSR count). The Bertz CT molecular complexity index is 776. The molecular formula is C19H27N3O4S. The lowest BCUT2D eigenvalue weighted by atomic mass is 10.1. The van der Waals surface area contributed by atoms with Crippen LogP contribution in [0.25, 0.3) is 0 Å². The first-order valence-corrected chi connectivity index (χ1v) is 9.88. The quantitative estimate of drug-likeness (QED) is 0.667. The van der Waals surface area contributed by atoms with E-state index in [9.17, 15) is 9.59 Å². The molecule has 0 amide bonds. The van der Waals surface area contributed by atoms with Crippen molar-refractivity contribution in [3.63, 3.8) is 0 Å². The minimum Gasteiger partial charge on any atom is -0.462 e. The summed E-state index contributed by atoms with van der Waals surface area (Å²) >= 11 is 1.55. The molecule has 0 aromatic carbocycles. The highest BCUT2D eigenvalue weighted by atomic mass is 32.1. The molecule has 0 saturated heterocycles. The third-order valence-electron chi connectivity index (χ3n) is 3.68. The molecule has 0 aliphatic carbocycles. The Morgan fingerprint density at radius 1 is 1.22 bits per heavy atom. The second-order valence-corrected chi connectivity index (χ2v) is 7.92. The number of H-pyrrole nitrogens is 1. The second-order valence-electron chi connectivity index (χ2n) is 6.94. The van der Waals surface area contributed by atoms with E-state index in [4.69, 9.17) is 9.47 Å². The van der Waals surface area contributed by atoms with E-state index in [2.05, 4.69) is 15.3 Å². The van der Waals surface area contributed by atoms with Crippen LogP contribution in [0.15, 0.2) is 11.6 Å². The first-order chi connectivity index (χ1) is 12.8. The van der Waals surface area contributed by atoms with Gasteiger partial charge in [-0.15, -0.1) is 11.3 Å². The predicted molar refractivity (Wildman–Crippen MR) is 104 cm³/mol. The van der Waals surface area contributed by atoms with Crippen LogP contribution < -0.4 is 5.32 Å². The van der Waals surface area contributed by atoms with Crippen molar-refractivity contribution in [2.24, 2.45) is 0 Å². The highest BCUT2D eigenvalue weighted by Gasteiger charge is 2.29. The molecule has 0 bridgehead atoms. The van der Waals surface area contributed by atoms with E-state index in [0.717, 1.165) is 5.01 Å². The van der Waals surface area contributed by atoms with Gasteiger partial charge < -0.3 is 19.8 Å². The highest BCUT2D eigenvalue weighted by Crippen LogP contribution is 2.24. The van der Waals surface area contributed by atoms with Crippen LogP contribution in [0.1, 0.15) is 71.7 Å². The first-order valence-electron chi connectivity index (χ1n) is 9.00. The molecule has 0 radical (unpaired) electrons. The van der Waals surface area contributed by atoms with Crippen molar-refractivity contribution in [1.29, 1.82) is 0 Å². The van der Waals surface area contributed by atoms with Crippen LogP contribution in [0.5, 0.6) is 0 Å². The molecule has 0 unspecified atom stereocenters. The molecule has 148 valence electrons. The van der Waals surface area contributed by atoms with Crippen LogP contribution in [0, 0.1) is 0 Å². The molecule has 8 heteroatoms. The van der Waals surface area contributed by atoms with E-state index in [1.165, 1.54) is 0 Å². The zero-order valence-electron chi connectivity index (χ0n) is 16.5. The molecule has 7 nitrogen and oxygen atoms in total. The van der Waals surface area contributed by atoms with Gasteiger partial charge >= 0.3 is 11.9 Å². The Hall–Kier alpha value is -2.19. The van der Waals surface area contributed by atoms with Gasteiger partial charge in [0.15, 0.2) is 0 Å². The normalized spacial score (nSPS) is 11.4. The summed E-state index contributed by atoms with van der Waals surface area (Å²) in [5.41, 5.74) is 1.32. The fourth-order valence-electron chi connectivity index (χ4n) is 2.67. The number of nitrogens with one attached hydrogen (secondary N) is 2. The van der Waals surface area contributed by atoms with Gasteiger partial charge in [-0.1, -0.05) is 6.92 Å². The van der Waals surface area contributed by atoms with Crippen molar-refractivity contribution in [3.8, 4) is 0 Å². The number of thiazole rings is 1.